The van der Waals surface area contributed by atoms with Gasteiger partial charge in [0, 0.05) is 9.64 Å². The van der Waals surface area contributed by atoms with Crippen molar-refractivity contribution in [3.63, 3.8) is 0 Å². The summed E-state index contributed by atoms with van der Waals surface area (Å²) in [5.74, 6) is -4.54. The zero-order valence-corrected chi connectivity index (χ0v) is 11.4. The zero-order chi connectivity index (χ0) is 14.2. The summed E-state index contributed by atoms with van der Waals surface area (Å²) in [6.45, 7) is 0. The predicted molar refractivity (Wildman–Crippen MR) is 73.1 cm³/mol. The lowest BCUT2D eigenvalue weighted by molar-refractivity contribution is 0.500. The average Bonchev–Trinajstić information content (AvgIpc) is 2.34. The van der Waals surface area contributed by atoms with Crippen LogP contribution in [0.15, 0.2) is 24.3 Å². The Morgan fingerprint density at radius 2 is 1.63 bits per heavy atom. The number of rotatable bonds is 2. The van der Waals surface area contributed by atoms with Crippen LogP contribution in [0.2, 0.25) is 0 Å². The minimum absolute atomic E-state index is 0.0861. The molecule has 3 N–H and O–H groups in total. The highest BCUT2D eigenvalue weighted by atomic mass is 127. The molecule has 0 radical (unpaired) electrons. The monoisotopic (exact) mass is 382 g/mol. The molecule has 0 saturated carbocycles. The van der Waals surface area contributed by atoms with Gasteiger partial charge in [0.1, 0.15) is 11.5 Å². The van der Waals surface area contributed by atoms with E-state index in [1.165, 1.54) is 12.1 Å². The summed E-state index contributed by atoms with van der Waals surface area (Å²) in [5.41, 5.74) is 3.94. The van der Waals surface area contributed by atoms with E-state index in [9.17, 15) is 17.6 Å². The van der Waals surface area contributed by atoms with Crippen LogP contribution in [-0.2, 0) is 0 Å². The summed E-state index contributed by atoms with van der Waals surface area (Å²) < 4.78 is 53.9. The molecule has 0 unspecified atom stereocenters. The molecule has 0 amide bonds. The SMILES string of the molecule is Nc1c(F)c(F)cc(F)c1Nc1ccc(I)cc1F. The molecule has 100 valence electrons. The minimum atomic E-state index is -1.40. The van der Waals surface area contributed by atoms with Gasteiger partial charge in [0.05, 0.1) is 11.4 Å². The fourth-order valence-corrected chi connectivity index (χ4v) is 1.92. The van der Waals surface area contributed by atoms with Crippen LogP contribution in [0.1, 0.15) is 0 Å². The number of nitrogens with one attached hydrogen (secondary N) is 1. The molecular formula is C12H7F4IN2. The largest absolute Gasteiger partial charge is 0.394 e. The van der Waals surface area contributed by atoms with E-state index < -0.39 is 34.6 Å². The summed E-state index contributed by atoms with van der Waals surface area (Å²) in [4.78, 5) is 0. The van der Waals surface area contributed by atoms with Crippen LogP contribution >= 0.6 is 22.6 Å². The molecule has 2 rings (SSSR count). The Bertz CT molecular complexity index is 646. The van der Waals surface area contributed by atoms with Gasteiger partial charge in [-0.15, -0.1) is 0 Å². The fourth-order valence-electron chi connectivity index (χ4n) is 1.47. The van der Waals surface area contributed by atoms with Gasteiger partial charge in [0.2, 0.25) is 0 Å². The first-order valence-electron chi connectivity index (χ1n) is 5.05. The Balaban J connectivity index is 2.47. The average molecular weight is 382 g/mol. The summed E-state index contributed by atoms with van der Waals surface area (Å²) in [5, 5.41) is 2.32. The Morgan fingerprint density at radius 1 is 0.947 bits per heavy atom. The van der Waals surface area contributed by atoms with E-state index in [0.717, 1.165) is 0 Å². The molecule has 7 heteroatoms. The maximum atomic E-state index is 13.6. The smallest absolute Gasteiger partial charge is 0.184 e. The third-order valence-electron chi connectivity index (χ3n) is 2.40. The van der Waals surface area contributed by atoms with Gasteiger partial charge < -0.3 is 11.1 Å². The van der Waals surface area contributed by atoms with Crippen molar-refractivity contribution in [3.05, 3.63) is 51.1 Å². The van der Waals surface area contributed by atoms with Gasteiger partial charge in [0.25, 0.3) is 0 Å². The van der Waals surface area contributed by atoms with E-state index in [-0.39, 0.29) is 5.69 Å². The molecule has 0 heterocycles. The Hall–Kier alpha value is -1.51. The van der Waals surface area contributed by atoms with Gasteiger partial charge in [0.15, 0.2) is 17.5 Å². The molecule has 0 bridgehead atoms. The summed E-state index contributed by atoms with van der Waals surface area (Å²) in [7, 11) is 0. The third-order valence-corrected chi connectivity index (χ3v) is 3.07. The number of nitrogens with two attached hydrogens (primary N) is 1. The molecule has 0 saturated heterocycles. The van der Waals surface area contributed by atoms with Crippen LogP contribution in [0.25, 0.3) is 0 Å². The summed E-state index contributed by atoms with van der Waals surface area (Å²) in [6, 6.07) is 4.46. The lowest BCUT2D eigenvalue weighted by Gasteiger charge is -2.12. The highest BCUT2D eigenvalue weighted by molar-refractivity contribution is 14.1. The first-order valence-corrected chi connectivity index (χ1v) is 6.13. The second-order valence-electron chi connectivity index (χ2n) is 3.69. The van der Waals surface area contributed by atoms with Crippen LogP contribution in [0.4, 0.5) is 34.6 Å². The normalized spacial score (nSPS) is 10.6. The molecule has 0 aliphatic heterocycles. The molecule has 2 nitrogen and oxygen atoms in total. The Kier molecular flexibility index (Phi) is 3.83. The molecule has 0 fully saturated rings. The quantitative estimate of drug-likeness (QED) is 0.354. The fraction of sp³-hybridized carbons (Fsp3) is 0. The number of nitrogen functional groups attached to an aromatic ring is 1. The molecular weight excluding hydrogens is 375 g/mol. The standard InChI is InChI=1S/C12H7F4IN2/c13-6-3-5(17)1-2-9(6)19-12-8(15)4-7(14)10(16)11(12)18/h1-4,19H,18H2. The van der Waals surface area contributed by atoms with Crippen molar-refractivity contribution in [1.82, 2.24) is 0 Å². The summed E-state index contributed by atoms with van der Waals surface area (Å²) in [6.07, 6.45) is 0. The number of benzene rings is 2. The van der Waals surface area contributed by atoms with Crippen molar-refractivity contribution in [2.75, 3.05) is 11.1 Å². The minimum Gasteiger partial charge on any atom is -0.394 e. The molecule has 0 atom stereocenters. The third kappa shape index (κ3) is 2.75. The van der Waals surface area contributed by atoms with Crippen LogP contribution in [0.3, 0.4) is 0 Å². The van der Waals surface area contributed by atoms with Crippen LogP contribution < -0.4 is 11.1 Å². The maximum Gasteiger partial charge on any atom is 0.184 e. The molecule has 0 aliphatic rings. The van der Waals surface area contributed by atoms with Gasteiger partial charge in [-0.2, -0.15) is 0 Å². The van der Waals surface area contributed by atoms with Gasteiger partial charge in [-0.3, -0.25) is 0 Å². The number of halogens is 5. The first-order chi connectivity index (χ1) is 8.90. The topological polar surface area (TPSA) is 38.0 Å². The number of hydrogen-bond acceptors (Lipinski definition) is 2. The van der Waals surface area contributed by atoms with E-state index in [1.54, 1.807) is 6.07 Å². The highest BCUT2D eigenvalue weighted by Gasteiger charge is 2.17. The molecule has 2 aromatic rings. The van der Waals surface area contributed by atoms with Gasteiger partial charge >= 0.3 is 0 Å². The van der Waals surface area contributed by atoms with Crippen LogP contribution in [0, 0.1) is 26.8 Å². The van der Waals surface area contributed by atoms with E-state index in [1.807, 2.05) is 22.6 Å². The number of hydrogen-bond donors (Lipinski definition) is 2. The molecule has 2 aromatic carbocycles. The zero-order valence-electron chi connectivity index (χ0n) is 9.28. The maximum absolute atomic E-state index is 13.6. The van der Waals surface area contributed by atoms with Gasteiger partial charge in [-0.05, 0) is 40.8 Å². The van der Waals surface area contributed by atoms with E-state index in [2.05, 4.69) is 5.32 Å². The predicted octanol–water partition coefficient (Wildman–Crippen LogP) is 4.17. The highest BCUT2D eigenvalue weighted by Crippen LogP contribution is 2.31. The van der Waals surface area contributed by atoms with E-state index in [0.29, 0.717) is 9.64 Å². The Morgan fingerprint density at radius 3 is 2.26 bits per heavy atom. The van der Waals surface area contributed by atoms with Crippen molar-refractivity contribution in [3.8, 4) is 0 Å². The van der Waals surface area contributed by atoms with Gasteiger partial charge in [-0.1, -0.05) is 0 Å². The lowest BCUT2D eigenvalue weighted by atomic mass is 10.2. The van der Waals surface area contributed by atoms with Crippen molar-refractivity contribution < 1.29 is 17.6 Å². The van der Waals surface area contributed by atoms with Crippen molar-refractivity contribution in [1.29, 1.82) is 0 Å². The van der Waals surface area contributed by atoms with Crippen LogP contribution in [0.5, 0.6) is 0 Å². The van der Waals surface area contributed by atoms with E-state index in [4.69, 9.17) is 5.73 Å². The molecule has 0 spiro atoms. The van der Waals surface area contributed by atoms with Crippen molar-refractivity contribution in [2.24, 2.45) is 0 Å². The Labute approximate surface area is 119 Å². The molecule has 19 heavy (non-hydrogen) atoms. The molecule has 0 aliphatic carbocycles. The summed E-state index contributed by atoms with van der Waals surface area (Å²) >= 11 is 1.90. The lowest BCUT2D eigenvalue weighted by Crippen LogP contribution is -2.05. The van der Waals surface area contributed by atoms with Gasteiger partial charge in [-0.25, -0.2) is 17.6 Å². The van der Waals surface area contributed by atoms with Crippen molar-refractivity contribution >= 4 is 39.7 Å². The second kappa shape index (κ2) is 5.24. The molecule has 0 aromatic heterocycles. The van der Waals surface area contributed by atoms with Crippen LogP contribution in [-0.4, -0.2) is 0 Å². The number of anilines is 3. The van der Waals surface area contributed by atoms with E-state index >= 15 is 0 Å². The van der Waals surface area contributed by atoms with Crippen molar-refractivity contribution in [2.45, 2.75) is 0 Å². The first kappa shape index (κ1) is 13.9. The second-order valence-corrected chi connectivity index (χ2v) is 4.94.